The van der Waals surface area contributed by atoms with Gasteiger partial charge in [-0.3, -0.25) is 4.79 Å². The van der Waals surface area contributed by atoms with E-state index in [2.05, 4.69) is 22.7 Å². The van der Waals surface area contributed by atoms with Crippen LogP contribution < -0.4 is 14.9 Å². The first kappa shape index (κ1) is 24.0. The zero-order valence-corrected chi connectivity index (χ0v) is 20.0. The number of carbonyl (C=O) groups is 1. The molecule has 4 rings (SSSR count). The molecule has 0 spiro atoms. The SMILES string of the molecule is Cc1ccc(COc2ccc(C(=O)N/N=C/c3ccccc3OCc3ccc(Cl)cc3)cc2)cc1. The summed E-state index contributed by atoms with van der Waals surface area (Å²) in [6, 6.07) is 30.1. The van der Waals surface area contributed by atoms with Crippen LogP contribution in [0.5, 0.6) is 11.5 Å². The van der Waals surface area contributed by atoms with Gasteiger partial charge in [-0.1, -0.05) is 65.7 Å². The zero-order chi connectivity index (χ0) is 24.5. The highest BCUT2D eigenvalue weighted by Gasteiger charge is 2.06. The van der Waals surface area contributed by atoms with Gasteiger partial charge in [0.25, 0.3) is 5.91 Å². The number of nitrogens with zero attached hydrogens (tertiary/aromatic N) is 1. The lowest BCUT2D eigenvalue weighted by atomic mass is 10.2. The largest absolute Gasteiger partial charge is 0.489 e. The van der Waals surface area contributed by atoms with Crippen molar-refractivity contribution >= 4 is 23.7 Å². The molecule has 0 saturated carbocycles. The quantitative estimate of drug-likeness (QED) is 0.216. The molecule has 176 valence electrons. The molecule has 0 saturated heterocycles. The van der Waals surface area contributed by atoms with Crippen LogP contribution in [0.15, 0.2) is 102 Å². The molecule has 5 nitrogen and oxygen atoms in total. The van der Waals surface area contributed by atoms with Crippen LogP contribution in [0.3, 0.4) is 0 Å². The second-order valence-corrected chi connectivity index (χ2v) is 8.39. The first-order valence-corrected chi connectivity index (χ1v) is 11.5. The number of ether oxygens (including phenoxy) is 2. The normalized spacial score (nSPS) is 10.8. The van der Waals surface area contributed by atoms with Crippen molar-refractivity contribution in [1.82, 2.24) is 5.43 Å². The van der Waals surface area contributed by atoms with Gasteiger partial charge in [-0.05, 0) is 66.6 Å². The zero-order valence-electron chi connectivity index (χ0n) is 19.3. The van der Waals surface area contributed by atoms with Gasteiger partial charge in [0.2, 0.25) is 0 Å². The van der Waals surface area contributed by atoms with Crippen LogP contribution in [0.25, 0.3) is 0 Å². The minimum atomic E-state index is -0.314. The summed E-state index contributed by atoms with van der Waals surface area (Å²) in [5.74, 6) is 1.04. The maximum absolute atomic E-state index is 12.5. The van der Waals surface area contributed by atoms with Crippen LogP contribution in [0.2, 0.25) is 5.02 Å². The number of hydrogen-bond acceptors (Lipinski definition) is 4. The Labute approximate surface area is 210 Å². The Morgan fingerprint density at radius 2 is 1.46 bits per heavy atom. The molecule has 0 radical (unpaired) electrons. The van der Waals surface area contributed by atoms with Crippen molar-refractivity contribution in [3.05, 3.63) is 130 Å². The molecule has 0 aliphatic rings. The van der Waals surface area contributed by atoms with Crippen molar-refractivity contribution in [3.63, 3.8) is 0 Å². The summed E-state index contributed by atoms with van der Waals surface area (Å²) in [4.78, 5) is 12.5. The fourth-order valence-corrected chi connectivity index (χ4v) is 3.36. The number of halogens is 1. The lowest BCUT2D eigenvalue weighted by Gasteiger charge is -2.09. The molecule has 6 heteroatoms. The van der Waals surface area contributed by atoms with Crippen molar-refractivity contribution in [2.45, 2.75) is 20.1 Å². The number of benzene rings is 4. The second kappa shape index (κ2) is 11.9. The van der Waals surface area contributed by atoms with Crippen LogP contribution in [0, 0.1) is 6.92 Å². The van der Waals surface area contributed by atoms with Crippen molar-refractivity contribution in [3.8, 4) is 11.5 Å². The fourth-order valence-electron chi connectivity index (χ4n) is 3.24. The molecular formula is C29H25ClN2O3. The lowest BCUT2D eigenvalue weighted by Crippen LogP contribution is -2.17. The molecular weight excluding hydrogens is 460 g/mol. The van der Waals surface area contributed by atoms with E-state index < -0.39 is 0 Å². The topological polar surface area (TPSA) is 59.9 Å². The number of rotatable bonds is 9. The summed E-state index contributed by atoms with van der Waals surface area (Å²) in [5, 5.41) is 4.78. The molecule has 0 aromatic heterocycles. The molecule has 35 heavy (non-hydrogen) atoms. The van der Waals surface area contributed by atoms with Gasteiger partial charge in [0, 0.05) is 16.1 Å². The Kier molecular flexibility index (Phi) is 8.15. The van der Waals surface area contributed by atoms with E-state index >= 15 is 0 Å². The van der Waals surface area contributed by atoms with Crippen LogP contribution in [0.1, 0.15) is 32.6 Å². The van der Waals surface area contributed by atoms with Gasteiger partial charge in [0.1, 0.15) is 24.7 Å². The van der Waals surface area contributed by atoms with E-state index in [1.807, 2.05) is 67.6 Å². The fraction of sp³-hybridized carbons (Fsp3) is 0.103. The number of para-hydroxylation sites is 1. The number of aryl methyl sites for hydroxylation is 1. The van der Waals surface area contributed by atoms with E-state index in [0.717, 1.165) is 16.7 Å². The Morgan fingerprint density at radius 1 is 0.829 bits per heavy atom. The van der Waals surface area contributed by atoms with Crippen molar-refractivity contribution in [1.29, 1.82) is 0 Å². The third-order valence-corrected chi connectivity index (χ3v) is 5.49. The van der Waals surface area contributed by atoms with Crippen LogP contribution in [-0.2, 0) is 13.2 Å². The summed E-state index contributed by atoms with van der Waals surface area (Å²) in [5.41, 5.74) is 7.09. The maximum atomic E-state index is 12.5. The summed E-state index contributed by atoms with van der Waals surface area (Å²) < 4.78 is 11.7. The standard InChI is InChI=1S/C29H25ClN2O3/c1-21-6-8-22(9-7-21)19-34-27-16-12-24(13-17-27)29(33)32-31-18-25-4-2-3-5-28(25)35-20-23-10-14-26(30)15-11-23/h2-18H,19-20H2,1H3,(H,32,33)/b31-18+. The number of amides is 1. The van der Waals surface area contributed by atoms with E-state index in [4.69, 9.17) is 21.1 Å². The lowest BCUT2D eigenvalue weighted by molar-refractivity contribution is 0.0955. The molecule has 4 aromatic carbocycles. The molecule has 1 N–H and O–H groups in total. The monoisotopic (exact) mass is 484 g/mol. The summed E-state index contributed by atoms with van der Waals surface area (Å²) >= 11 is 5.93. The summed E-state index contributed by atoms with van der Waals surface area (Å²) in [6.45, 7) is 2.91. The van der Waals surface area contributed by atoms with Crippen LogP contribution in [-0.4, -0.2) is 12.1 Å². The van der Waals surface area contributed by atoms with Gasteiger partial charge >= 0.3 is 0 Å². The van der Waals surface area contributed by atoms with E-state index in [-0.39, 0.29) is 5.91 Å². The van der Waals surface area contributed by atoms with E-state index in [0.29, 0.717) is 35.3 Å². The highest BCUT2D eigenvalue weighted by atomic mass is 35.5. The molecule has 0 aliphatic heterocycles. The van der Waals surface area contributed by atoms with Gasteiger partial charge in [-0.25, -0.2) is 5.43 Å². The van der Waals surface area contributed by atoms with Crippen molar-refractivity contribution in [2.24, 2.45) is 5.10 Å². The van der Waals surface area contributed by atoms with Gasteiger partial charge in [-0.15, -0.1) is 0 Å². The number of hydrogen-bond donors (Lipinski definition) is 1. The minimum Gasteiger partial charge on any atom is -0.489 e. The van der Waals surface area contributed by atoms with Gasteiger partial charge in [0.05, 0.1) is 6.21 Å². The highest BCUT2D eigenvalue weighted by molar-refractivity contribution is 6.30. The smallest absolute Gasteiger partial charge is 0.271 e. The first-order valence-electron chi connectivity index (χ1n) is 11.1. The average molecular weight is 485 g/mol. The van der Waals surface area contributed by atoms with Gasteiger partial charge in [-0.2, -0.15) is 5.10 Å². The third-order valence-electron chi connectivity index (χ3n) is 5.24. The Bertz CT molecular complexity index is 1290. The summed E-state index contributed by atoms with van der Waals surface area (Å²) in [7, 11) is 0. The molecule has 0 atom stereocenters. The predicted molar refractivity (Wildman–Crippen MR) is 139 cm³/mol. The average Bonchev–Trinajstić information content (AvgIpc) is 2.89. The maximum Gasteiger partial charge on any atom is 0.271 e. The predicted octanol–water partition coefficient (Wildman–Crippen LogP) is 6.57. The van der Waals surface area contributed by atoms with E-state index in [9.17, 15) is 4.79 Å². The number of nitrogens with one attached hydrogen (secondary N) is 1. The number of hydrazone groups is 1. The van der Waals surface area contributed by atoms with Crippen molar-refractivity contribution in [2.75, 3.05) is 0 Å². The van der Waals surface area contributed by atoms with Crippen LogP contribution >= 0.6 is 11.6 Å². The first-order chi connectivity index (χ1) is 17.1. The molecule has 0 heterocycles. The van der Waals surface area contributed by atoms with Gasteiger partial charge in [0.15, 0.2) is 0 Å². The molecule has 0 aliphatic carbocycles. The van der Waals surface area contributed by atoms with E-state index in [1.165, 1.54) is 5.56 Å². The third kappa shape index (κ3) is 7.19. The van der Waals surface area contributed by atoms with E-state index in [1.54, 1.807) is 30.5 Å². The second-order valence-electron chi connectivity index (χ2n) is 7.95. The molecule has 4 aromatic rings. The Morgan fingerprint density at radius 3 is 2.17 bits per heavy atom. The van der Waals surface area contributed by atoms with Gasteiger partial charge < -0.3 is 9.47 Å². The Hall–Kier alpha value is -4.09. The molecule has 0 bridgehead atoms. The molecule has 1 amide bonds. The minimum absolute atomic E-state index is 0.314. The van der Waals surface area contributed by atoms with Crippen molar-refractivity contribution < 1.29 is 14.3 Å². The summed E-state index contributed by atoms with van der Waals surface area (Å²) in [6.07, 6.45) is 1.56. The van der Waals surface area contributed by atoms with Crippen LogP contribution in [0.4, 0.5) is 0 Å². The highest BCUT2D eigenvalue weighted by Crippen LogP contribution is 2.19. The molecule has 0 unspecified atom stereocenters. The Balaban J connectivity index is 1.30. The molecule has 0 fully saturated rings. The number of carbonyl (C=O) groups excluding carboxylic acids is 1.